The van der Waals surface area contributed by atoms with Crippen LogP contribution >= 0.6 is 15.9 Å². The lowest BCUT2D eigenvalue weighted by molar-refractivity contribution is 0.108. The number of nitrogens with two attached hydrogens (primary N) is 1. The van der Waals surface area contributed by atoms with Crippen LogP contribution in [0.2, 0.25) is 0 Å². The Bertz CT molecular complexity index is 390. The summed E-state index contributed by atoms with van der Waals surface area (Å²) in [6, 6.07) is 0.00863. The molecule has 2 atom stereocenters. The third-order valence-electron chi connectivity index (χ3n) is 3.93. The van der Waals surface area contributed by atoms with Crippen molar-refractivity contribution in [1.29, 1.82) is 0 Å². The molecule has 0 aromatic carbocycles. The van der Waals surface area contributed by atoms with Crippen LogP contribution in [0.3, 0.4) is 0 Å². The van der Waals surface area contributed by atoms with Gasteiger partial charge in [0.2, 0.25) is 0 Å². The Balaban J connectivity index is 3.28. The van der Waals surface area contributed by atoms with Gasteiger partial charge in [0.05, 0.1) is 22.4 Å². The van der Waals surface area contributed by atoms with Gasteiger partial charge < -0.3 is 4.90 Å². The fourth-order valence-electron chi connectivity index (χ4n) is 2.24. The molecule has 3 N–H and O–H groups in total. The maximum absolute atomic E-state index is 5.82. The van der Waals surface area contributed by atoms with Crippen molar-refractivity contribution >= 4 is 15.9 Å². The highest BCUT2D eigenvalue weighted by atomic mass is 79.9. The molecule has 1 rings (SSSR count). The molecule has 0 saturated carbocycles. The lowest BCUT2D eigenvalue weighted by Gasteiger charge is -2.42. The molecule has 1 aromatic rings. The van der Waals surface area contributed by atoms with E-state index in [9.17, 15) is 0 Å². The maximum atomic E-state index is 5.82. The highest BCUT2D eigenvalue weighted by Gasteiger charge is 2.38. The Morgan fingerprint density at radius 1 is 1.56 bits per heavy atom. The van der Waals surface area contributed by atoms with Crippen LogP contribution in [-0.4, -0.2) is 34.3 Å². The zero-order valence-electron chi connectivity index (χ0n) is 11.9. The fourth-order valence-corrected chi connectivity index (χ4v) is 2.77. The van der Waals surface area contributed by atoms with Crippen LogP contribution in [0.1, 0.15) is 38.9 Å². The molecular formula is C12H24BrN5. The van der Waals surface area contributed by atoms with Gasteiger partial charge in [0.1, 0.15) is 0 Å². The van der Waals surface area contributed by atoms with Crippen LogP contribution in [-0.2, 0) is 6.54 Å². The molecule has 0 aliphatic heterocycles. The normalized spacial score (nSPS) is 16.9. The predicted octanol–water partition coefficient (Wildman–Crippen LogP) is 1.90. The summed E-state index contributed by atoms with van der Waals surface area (Å²) in [6.45, 7) is 7.28. The lowest BCUT2D eigenvalue weighted by atomic mass is 9.86. The highest BCUT2D eigenvalue weighted by molar-refractivity contribution is 9.10. The smallest absolute Gasteiger partial charge is 0.0820 e. The molecule has 0 amide bonds. The first kappa shape index (κ1) is 15.6. The third-order valence-corrected chi connectivity index (χ3v) is 4.54. The van der Waals surface area contributed by atoms with Crippen LogP contribution in [0, 0.1) is 0 Å². The van der Waals surface area contributed by atoms with E-state index >= 15 is 0 Å². The van der Waals surface area contributed by atoms with Gasteiger partial charge in [-0.05, 0) is 50.3 Å². The molecule has 5 nitrogen and oxygen atoms in total. The van der Waals surface area contributed by atoms with E-state index in [1.165, 1.54) is 0 Å². The quantitative estimate of drug-likeness (QED) is 0.621. The monoisotopic (exact) mass is 317 g/mol. The molecule has 6 heteroatoms. The molecule has 0 fully saturated rings. The van der Waals surface area contributed by atoms with Gasteiger partial charge in [0.25, 0.3) is 0 Å². The first-order valence-electron chi connectivity index (χ1n) is 6.27. The minimum absolute atomic E-state index is 0.00863. The number of aromatic nitrogens is 2. The SMILES string of the molecule is CCn1ncc(Br)c1C(NN)C(C)(CC)N(C)C. The number of aryl methyl sites for hydroxylation is 1. The largest absolute Gasteiger partial charge is 0.302 e. The summed E-state index contributed by atoms with van der Waals surface area (Å²) in [5, 5.41) is 4.37. The van der Waals surface area contributed by atoms with E-state index in [2.05, 4.69) is 66.2 Å². The number of hydrogen-bond donors (Lipinski definition) is 2. The Hall–Kier alpha value is -0.430. The Morgan fingerprint density at radius 3 is 2.56 bits per heavy atom. The number of rotatable bonds is 6. The maximum Gasteiger partial charge on any atom is 0.0820 e. The minimum Gasteiger partial charge on any atom is -0.302 e. The van der Waals surface area contributed by atoms with Gasteiger partial charge in [0, 0.05) is 12.1 Å². The van der Waals surface area contributed by atoms with Crippen molar-refractivity contribution in [1.82, 2.24) is 20.1 Å². The standard InChI is InChI=1S/C12H24BrN5/c1-6-12(3,17(4)5)11(16-14)10-9(13)8-15-18(10)7-2/h8,11,16H,6-7,14H2,1-5H3. The van der Waals surface area contributed by atoms with Gasteiger partial charge in [-0.15, -0.1) is 0 Å². The van der Waals surface area contributed by atoms with Crippen molar-refractivity contribution in [3.8, 4) is 0 Å². The van der Waals surface area contributed by atoms with Crippen molar-refractivity contribution in [2.45, 2.75) is 45.3 Å². The van der Waals surface area contributed by atoms with Gasteiger partial charge in [-0.3, -0.25) is 10.5 Å². The van der Waals surface area contributed by atoms with Gasteiger partial charge in [-0.25, -0.2) is 5.43 Å². The number of likely N-dealkylation sites (N-methyl/N-ethyl adjacent to an activating group) is 1. The topological polar surface area (TPSA) is 59.1 Å². The second-order valence-electron chi connectivity index (χ2n) is 4.90. The zero-order valence-corrected chi connectivity index (χ0v) is 13.5. The van der Waals surface area contributed by atoms with Crippen LogP contribution in [0.15, 0.2) is 10.7 Å². The zero-order chi connectivity index (χ0) is 13.9. The number of nitrogens with one attached hydrogen (secondary N) is 1. The Kier molecular flexibility index (Phi) is 5.33. The van der Waals surface area contributed by atoms with Crippen molar-refractivity contribution in [2.75, 3.05) is 14.1 Å². The fraction of sp³-hybridized carbons (Fsp3) is 0.750. The van der Waals surface area contributed by atoms with E-state index in [0.29, 0.717) is 0 Å². The first-order valence-corrected chi connectivity index (χ1v) is 7.06. The minimum atomic E-state index is -0.0791. The molecule has 0 saturated heterocycles. The molecule has 0 spiro atoms. The molecule has 2 unspecified atom stereocenters. The van der Waals surface area contributed by atoms with E-state index < -0.39 is 0 Å². The van der Waals surface area contributed by atoms with E-state index in [4.69, 9.17) is 5.84 Å². The van der Waals surface area contributed by atoms with E-state index in [1.54, 1.807) is 0 Å². The molecule has 104 valence electrons. The summed E-state index contributed by atoms with van der Waals surface area (Å²) >= 11 is 3.57. The highest BCUT2D eigenvalue weighted by Crippen LogP contribution is 2.35. The number of hydrazine groups is 1. The Morgan fingerprint density at radius 2 is 2.17 bits per heavy atom. The molecule has 0 bridgehead atoms. The number of hydrogen-bond acceptors (Lipinski definition) is 4. The van der Waals surface area contributed by atoms with Crippen molar-refractivity contribution < 1.29 is 0 Å². The van der Waals surface area contributed by atoms with Crippen LogP contribution in [0.25, 0.3) is 0 Å². The summed E-state index contributed by atoms with van der Waals surface area (Å²) in [5.41, 5.74) is 3.98. The molecule has 18 heavy (non-hydrogen) atoms. The average Bonchev–Trinajstić information content (AvgIpc) is 2.71. The predicted molar refractivity (Wildman–Crippen MR) is 78.0 cm³/mol. The van der Waals surface area contributed by atoms with Gasteiger partial charge in [-0.2, -0.15) is 5.10 Å². The van der Waals surface area contributed by atoms with Crippen LogP contribution < -0.4 is 11.3 Å². The molecule has 0 aliphatic rings. The molecule has 1 aromatic heterocycles. The van der Waals surface area contributed by atoms with Gasteiger partial charge in [0.15, 0.2) is 0 Å². The summed E-state index contributed by atoms with van der Waals surface area (Å²) in [5.74, 6) is 5.82. The summed E-state index contributed by atoms with van der Waals surface area (Å²) < 4.78 is 2.97. The van der Waals surface area contributed by atoms with Crippen LogP contribution in [0.5, 0.6) is 0 Å². The summed E-state index contributed by atoms with van der Waals surface area (Å²) in [7, 11) is 4.16. The van der Waals surface area contributed by atoms with E-state index in [-0.39, 0.29) is 11.6 Å². The van der Waals surface area contributed by atoms with Crippen molar-refractivity contribution in [2.24, 2.45) is 5.84 Å². The van der Waals surface area contributed by atoms with Crippen LogP contribution in [0.4, 0.5) is 0 Å². The molecule has 0 aliphatic carbocycles. The molecule has 0 radical (unpaired) electrons. The molecular weight excluding hydrogens is 294 g/mol. The number of halogens is 1. The van der Waals surface area contributed by atoms with Crippen molar-refractivity contribution in [3.63, 3.8) is 0 Å². The first-order chi connectivity index (χ1) is 8.42. The van der Waals surface area contributed by atoms with Crippen molar-refractivity contribution in [3.05, 3.63) is 16.4 Å². The molecule has 1 heterocycles. The lowest BCUT2D eigenvalue weighted by Crippen LogP contribution is -2.53. The van der Waals surface area contributed by atoms with Gasteiger partial charge in [-0.1, -0.05) is 6.92 Å². The second kappa shape index (κ2) is 6.14. The Labute approximate surface area is 118 Å². The van der Waals surface area contributed by atoms with E-state index in [0.717, 1.165) is 23.1 Å². The summed E-state index contributed by atoms with van der Waals surface area (Å²) in [6.07, 6.45) is 2.81. The van der Waals surface area contributed by atoms with Gasteiger partial charge >= 0.3 is 0 Å². The summed E-state index contributed by atoms with van der Waals surface area (Å²) in [4.78, 5) is 2.21. The average molecular weight is 318 g/mol. The second-order valence-corrected chi connectivity index (χ2v) is 5.75. The third kappa shape index (κ3) is 2.61. The number of nitrogens with zero attached hydrogens (tertiary/aromatic N) is 3. The van der Waals surface area contributed by atoms with E-state index in [1.807, 2.05) is 10.9 Å².